The quantitative estimate of drug-likeness (QED) is 0.741. The largest absolute Gasteiger partial charge is 0.378 e. The fourth-order valence-electron chi connectivity index (χ4n) is 4.17. The molecule has 3 aromatic heterocycles. The van der Waals surface area contributed by atoms with E-state index in [9.17, 15) is 0 Å². The number of rotatable bonds is 4. The van der Waals surface area contributed by atoms with Crippen LogP contribution < -0.4 is 0 Å². The Morgan fingerprint density at radius 1 is 1.30 bits per heavy atom. The van der Waals surface area contributed by atoms with Crippen molar-refractivity contribution in [3.8, 4) is 11.3 Å². The van der Waals surface area contributed by atoms with E-state index in [2.05, 4.69) is 45.5 Å². The minimum Gasteiger partial charge on any atom is -0.378 e. The van der Waals surface area contributed by atoms with Crippen LogP contribution in [0.25, 0.3) is 22.3 Å². The molecular formula is C20H24ClN5O. The molecule has 0 saturated carbocycles. The first-order valence-corrected chi connectivity index (χ1v) is 10.0. The third kappa shape index (κ3) is 2.96. The number of likely N-dealkylation sites (tertiary alicyclic amines) is 1. The Kier molecular flexibility index (Phi) is 4.22. The summed E-state index contributed by atoms with van der Waals surface area (Å²) in [6.07, 6.45) is 4.83. The lowest BCUT2D eigenvalue weighted by atomic mass is 10.0. The van der Waals surface area contributed by atoms with E-state index in [1.165, 1.54) is 12.1 Å². The van der Waals surface area contributed by atoms with Gasteiger partial charge in [-0.3, -0.25) is 9.58 Å². The molecule has 1 unspecified atom stereocenters. The van der Waals surface area contributed by atoms with E-state index in [-0.39, 0.29) is 0 Å². The average molecular weight is 386 g/mol. The maximum atomic E-state index is 6.27. The average Bonchev–Trinajstić information content (AvgIpc) is 3.31. The second kappa shape index (κ2) is 6.62. The minimum atomic E-state index is 0.322. The third-order valence-corrected chi connectivity index (χ3v) is 6.12. The molecule has 0 aromatic carbocycles. The van der Waals surface area contributed by atoms with Gasteiger partial charge in [0.1, 0.15) is 5.65 Å². The molecule has 0 spiro atoms. The SMILES string of the molecule is CC(C)n1nc(-c2cnc3[nH]cc(Cl)c3c2)cc1C1CCN(C2COC2)C1. The third-order valence-electron chi connectivity index (χ3n) is 5.80. The molecule has 0 bridgehead atoms. The van der Waals surface area contributed by atoms with Gasteiger partial charge in [-0.15, -0.1) is 0 Å². The number of hydrogen-bond acceptors (Lipinski definition) is 4. The van der Waals surface area contributed by atoms with Crippen molar-refractivity contribution < 1.29 is 4.74 Å². The summed E-state index contributed by atoms with van der Waals surface area (Å²) in [6.45, 7) is 8.38. The van der Waals surface area contributed by atoms with Gasteiger partial charge in [-0.05, 0) is 38.9 Å². The highest BCUT2D eigenvalue weighted by Crippen LogP contribution is 2.34. The highest BCUT2D eigenvalue weighted by atomic mass is 35.5. The first-order chi connectivity index (χ1) is 13.1. The molecule has 2 fully saturated rings. The summed E-state index contributed by atoms with van der Waals surface area (Å²) >= 11 is 6.27. The van der Waals surface area contributed by atoms with Crippen LogP contribution in [0.2, 0.25) is 5.02 Å². The summed E-state index contributed by atoms with van der Waals surface area (Å²) in [5.74, 6) is 0.516. The Hall–Kier alpha value is -1.89. The molecule has 0 aliphatic carbocycles. The second-order valence-corrected chi connectivity index (χ2v) is 8.33. The number of ether oxygens (including phenoxy) is 1. The van der Waals surface area contributed by atoms with Crippen molar-refractivity contribution in [3.63, 3.8) is 0 Å². The molecule has 1 atom stereocenters. The predicted molar refractivity (Wildman–Crippen MR) is 106 cm³/mol. The number of nitrogens with zero attached hydrogens (tertiary/aromatic N) is 4. The van der Waals surface area contributed by atoms with E-state index < -0.39 is 0 Å². The molecule has 0 amide bonds. The lowest BCUT2D eigenvalue weighted by Gasteiger charge is -2.34. The zero-order valence-electron chi connectivity index (χ0n) is 15.7. The highest BCUT2D eigenvalue weighted by molar-refractivity contribution is 6.35. The van der Waals surface area contributed by atoms with Crippen LogP contribution in [0.4, 0.5) is 0 Å². The zero-order chi connectivity index (χ0) is 18.5. The van der Waals surface area contributed by atoms with Gasteiger partial charge in [0, 0.05) is 47.5 Å². The molecule has 0 radical (unpaired) electrons. The molecule has 2 aliphatic heterocycles. The molecule has 2 aliphatic rings. The molecule has 5 rings (SSSR count). The van der Waals surface area contributed by atoms with Gasteiger partial charge in [0.2, 0.25) is 0 Å². The summed E-state index contributed by atoms with van der Waals surface area (Å²) in [7, 11) is 0. The predicted octanol–water partition coefficient (Wildman–Crippen LogP) is 3.85. The normalized spacial score (nSPS) is 21.4. The van der Waals surface area contributed by atoms with Gasteiger partial charge < -0.3 is 9.72 Å². The molecule has 142 valence electrons. The van der Waals surface area contributed by atoms with Gasteiger partial charge in [-0.2, -0.15) is 5.10 Å². The Labute approximate surface area is 163 Å². The number of H-pyrrole nitrogens is 1. The Morgan fingerprint density at radius 3 is 2.89 bits per heavy atom. The van der Waals surface area contributed by atoms with E-state index in [0.29, 0.717) is 23.0 Å². The summed E-state index contributed by atoms with van der Waals surface area (Å²) in [6, 6.07) is 5.24. The van der Waals surface area contributed by atoms with Crippen molar-refractivity contribution in [1.82, 2.24) is 24.6 Å². The van der Waals surface area contributed by atoms with Gasteiger partial charge in [0.05, 0.1) is 30.0 Å². The van der Waals surface area contributed by atoms with Crippen LogP contribution in [0.5, 0.6) is 0 Å². The summed E-state index contributed by atoms with van der Waals surface area (Å²) in [5, 5.41) is 6.56. The van der Waals surface area contributed by atoms with Crippen molar-refractivity contribution in [2.45, 2.75) is 38.3 Å². The number of pyridine rings is 1. The molecule has 3 aromatic rings. The van der Waals surface area contributed by atoms with E-state index in [0.717, 1.165) is 48.6 Å². The lowest BCUT2D eigenvalue weighted by Crippen LogP contribution is -2.47. The van der Waals surface area contributed by atoms with Crippen molar-refractivity contribution in [3.05, 3.63) is 35.2 Å². The second-order valence-electron chi connectivity index (χ2n) is 7.92. The molecular weight excluding hydrogens is 362 g/mol. The Bertz CT molecular complexity index is 974. The van der Waals surface area contributed by atoms with Crippen molar-refractivity contribution in [2.75, 3.05) is 26.3 Å². The van der Waals surface area contributed by atoms with Crippen LogP contribution in [0.1, 0.15) is 37.9 Å². The van der Waals surface area contributed by atoms with Gasteiger partial charge in [0.15, 0.2) is 0 Å². The van der Waals surface area contributed by atoms with Crippen molar-refractivity contribution in [1.29, 1.82) is 0 Å². The van der Waals surface area contributed by atoms with Crippen LogP contribution in [0, 0.1) is 0 Å². The van der Waals surface area contributed by atoms with Crippen molar-refractivity contribution in [2.24, 2.45) is 0 Å². The number of fused-ring (bicyclic) bond motifs is 1. The molecule has 6 nitrogen and oxygen atoms in total. The van der Waals surface area contributed by atoms with Crippen molar-refractivity contribution >= 4 is 22.6 Å². The van der Waals surface area contributed by atoms with Crippen LogP contribution in [-0.2, 0) is 4.74 Å². The van der Waals surface area contributed by atoms with Gasteiger partial charge in [0.25, 0.3) is 0 Å². The number of aromatic amines is 1. The fraction of sp³-hybridized carbons (Fsp3) is 0.500. The summed E-state index contributed by atoms with van der Waals surface area (Å²) in [5.41, 5.74) is 4.10. The summed E-state index contributed by atoms with van der Waals surface area (Å²) in [4.78, 5) is 10.2. The Morgan fingerprint density at radius 2 is 2.15 bits per heavy atom. The lowest BCUT2D eigenvalue weighted by molar-refractivity contribution is -0.0573. The van der Waals surface area contributed by atoms with Crippen LogP contribution >= 0.6 is 11.6 Å². The van der Waals surface area contributed by atoms with E-state index in [1.807, 2.05) is 6.20 Å². The smallest absolute Gasteiger partial charge is 0.138 e. The van der Waals surface area contributed by atoms with Gasteiger partial charge in [-0.25, -0.2) is 4.98 Å². The number of aromatic nitrogens is 4. The fourth-order valence-corrected chi connectivity index (χ4v) is 4.37. The maximum absolute atomic E-state index is 6.27. The van der Waals surface area contributed by atoms with E-state index >= 15 is 0 Å². The molecule has 5 heterocycles. The standard InChI is InChI=1S/C20H24ClN5O/c1-12(2)26-19(13-3-4-25(9-13)15-10-27-11-15)6-18(24-26)14-5-16-17(21)8-23-20(16)22-7-14/h5-8,12-13,15H,3-4,9-11H2,1-2H3,(H,22,23). The first-order valence-electron chi connectivity index (χ1n) is 9.64. The molecule has 7 heteroatoms. The van der Waals surface area contributed by atoms with Crippen LogP contribution in [0.15, 0.2) is 24.5 Å². The first kappa shape index (κ1) is 17.2. The van der Waals surface area contributed by atoms with Crippen LogP contribution in [-0.4, -0.2) is 57.0 Å². The zero-order valence-corrected chi connectivity index (χ0v) is 16.4. The number of halogens is 1. The van der Waals surface area contributed by atoms with Gasteiger partial charge in [-0.1, -0.05) is 11.6 Å². The maximum Gasteiger partial charge on any atom is 0.138 e. The number of nitrogens with one attached hydrogen (secondary N) is 1. The molecule has 2 saturated heterocycles. The minimum absolute atomic E-state index is 0.322. The topological polar surface area (TPSA) is 59.0 Å². The van der Waals surface area contributed by atoms with E-state index in [1.54, 1.807) is 6.20 Å². The van der Waals surface area contributed by atoms with Crippen LogP contribution in [0.3, 0.4) is 0 Å². The molecule has 1 N–H and O–H groups in total. The molecule has 27 heavy (non-hydrogen) atoms. The highest BCUT2D eigenvalue weighted by Gasteiger charge is 2.34. The van der Waals surface area contributed by atoms with E-state index in [4.69, 9.17) is 21.4 Å². The Balaban J connectivity index is 1.48. The monoisotopic (exact) mass is 385 g/mol. The van der Waals surface area contributed by atoms with Gasteiger partial charge >= 0.3 is 0 Å². The summed E-state index contributed by atoms with van der Waals surface area (Å²) < 4.78 is 7.55. The number of hydrogen-bond donors (Lipinski definition) is 1.